The van der Waals surface area contributed by atoms with E-state index >= 15 is 0 Å². The molecule has 0 spiro atoms. The van der Waals surface area contributed by atoms with Crippen molar-refractivity contribution in [3.8, 4) is 0 Å². The molecule has 1 fully saturated rings. The standard InChI is InChI=1S/C11H18N6O2/c1-7(2)11(19)17-5-3-8(4-6-17)12-10(18)9-13-15-16-14-9/h7-8H,3-6H2,1-2H3,(H,12,18)(H,13,14,15,16). The number of amides is 2. The normalized spacial score (nSPS) is 16.7. The van der Waals surface area contributed by atoms with E-state index in [-0.39, 0.29) is 29.6 Å². The summed E-state index contributed by atoms with van der Waals surface area (Å²) in [7, 11) is 0. The van der Waals surface area contributed by atoms with Crippen molar-refractivity contribution in [2.45, 2.75) is 32.7 Å². The molecule has 0 bridgehead atoms. The third-order valence-corrected chi connectivity index (χ3v) is 3.18. The van der Waals surface area contributed by atoms with Crippen molar-refractivity contribution in [1.29, 1.82) is 0 Å². The van der Waals surface area contributed by atoms with E-state index in [1.165, 1.54) is 0 Å². The van der Waals surface area contributed by atoms with Crippen molar-refractivity contribution >= 4 is 11.8 Å². The Balaban J connectivity index is 1.81. The Bertz CT molecular complexity index is 436. The van der Waals surface area contributed by atoms with Crippen LogP contribution in [-0.2, 0) is 4.79 Å². The van der Waals surface area contributed by atoms with Crippen LogP contribution in [0.2, 0.25) is 0 Å². The minimum absolute atomic E-state index is 0.0190. The highest BCUT2D eigenvalue weighted by Gasteiger charge is 2.25. The predicted octanol–water partition coefficient (Wildman–Crippen LogP) is -0.423. The molecule has 0 aromatic carbocycles. The third-order valence-electron chi connectivity index (χ3n) is 3.18. The van der Waals surface area contributed by atoms with Crippen LogP contribution in [0.4, 0.5) is 0 Å². The Morgan fingerprint density at radius 3 is 2.58 bits per heavy atom. The minimum atomic E-state index is -0.331. The molecule has 0 aliphatic carbocycles. The van der Waals surface area contributed by atoms with E-state index in [4.69, 9.17) is 0 Å². The minimum Gasteiger partial charge on any atom is -0.346 e. The zero-order valence-electron chi connectivity index (χ0n) is 11.1. The van der Waals surface area contributed by atoms with E-state index in [0.29, 0.717) is 13.1 Å². The number of aromatic nitrogens is 4. The lowest BCUT2D eigenvalue weighted by molar-refractivity contribution is -0.135. The molecule has 1 saturated heterocycles. The second-order valence-electron chi connectivity index (χ2n) is 4.96. The topological polar surface area (TPSA) is 104 Å². The molecule has 8 nitrogen and oxygen atoms in total. The van der Waals surface area contributed by atoms with Crippen molar-refractivity contribution < 1.29 is 9.59 Å². The van der Waals surface area contributed by atoms with E-state index in [1.54, 1.807) is 0 Å². The monoisotopic (exact) mass is 266 g/mol. The average molecular weight is 266 g/mol. The van der Waals surface area contributed by atoms with Crippen LogP contribution in [0.15, 0.2) is 0 Å². The second kappa shape index (κ2) is 5.77. The van der Waals surface area contributed by atoms with Crippen molar-refractivity contribution in [2.75, 3.05) is 13.1 Å². The fourth-order valence-electron chi connectivity index (χ4n) is 2.12. The molecule has 104 valence electrons. The lowest BCUT2D eigenvalue weighted by Gasteiger charge is -2.33. The number of carbonyl (C=O) groups excluding carboxylic acids is 2. The number of hydrogen-bond donors (Lipinski definition) is 2. The summed E-state index contributed by atoms with van der Waals surface area (Å²) >= 11 is 0. The van der Waals surface area contributed by atoms with Gasteiger partial charge in [0.2, 0.25) is 5.91 Å². The second-order valence-corrected chi connectivity index (χ2v) is 4.96. The molecule has 0 atom stereocenters. The van der Waals surface area contributed by atoms with Gasteiger partial charge in [-0.3, -0.25) is 9.59 Å². The fraction of sp³-hybridized carbons (Fsp3) is 0.727. The molecule has 1 aliphatic rings. The number of carbonyl (C=O) groups is 2. The van der Waals surface area contributed by atoms with Crippen molar-refractivity contribution in [1.82, 2.24) is 30.8 Å². The summed E-state index contributed by atoms with van der Waals surface area (Å²) in [6.45, 7) is 5.14. The van der Waals surface area contributed by atoms with Crippen LogP contribution in [0.1, 0.15) is 37.3 Å². The van der Waals surface area contributed by atoms with E-state index in [9.17, 15) is 9.59 Å². The number of piperidine rings is 1. The first-order valence-corrected chi connectivity index (χ1v) is 6.41. The van der Waals surface area contributed by atoms with Crippen LogP contribution < -0.4 is 5.32 Å². The molecule has 1 aliphatic heterocycles. The Labute approximate surface area is 110 Å². The molecule has 0 unspecified atom stereocenters. The molecule has 1 aromatic rings. The van der Waals surface area contributed by atoms with Gasteiger partial charge in [0.15, 0.2) is 0 Å². The number of tetrazole rings is 1. The molecule has 2 heterocycles. The largest absolute Gasteiger partial charge is 0.346 e. The van der Waals surface area contributed by atoms with E-state index < -0.39 is 0 Å². The van der Waals surface area contributed by atoms with Gasteiger partial charge in [-0.15, -0.1) is 10.2 Å². The lowest BCUT2D eigenvalue weighted by atomic mass is 10.0. The lowest BCUT2D eigenvalue weighted by Crippen LogP contribution is -2.47. The Morgan fingerprint density at radius 2 is 2.05 bits per heavy atom. The average Bonchev–Trinajstić information content (AvgIpc) is 2.92. The first-order chi connectivity index (χ1) is 9.08. The highest BCUT2D eigenvalue weighted by atomic mass is 16.2. The summed E-state index contributed by atoms with van der Waals surface area (Å²) in [6, 6.07) is 0.0576. The number of H-pyrrole nitrogens is 1. The van der Waals surface area contributed by atoms with Gasteiger partial charge in [0.1, 0.15) is 0 Å². The van der Waals surface area contributed by atoms with Crippen molar-refractivity contribution in [3.63, 3.8) is 0 Å². The first-order valence-electron chi connectivity index (χ1n) is 6.41. The maximum absolute atomic E-state index is 11.8. The summed E-state index contributed by atoms with van der Waals surface area (Å²) in [5.41, 5.74) is 0. The predicted molar refractivity (Wildman–Crippen MR) is 66.1 cm³/mol. The summed E-state index contributed by atoms with van der Waals surface area (Å²) in [5, 5.41) is 15.7. The van der Waals surface area contributed by atoms with Gasteiger partial charge in [-0.05, 0) is 18.1 Å². The molecule has 1 aromatic heterocycles. The van der Waals surface area contributed by atoms with Crippen LogP contribution >= 0.6 is 0 Å². The number of aromatic amines is 1. The van der Waals surface area contributed by atoms with Crippen LogP contribution in [0.25, 0.3) is 0 Å². The Hall–Kier alpha value is -1.99. The van der Waals surface area contributed by atoms with Gasteiger partial charge in [-0.2, -0.15) is 5.21 Å². The molecule has 0 radical (unpaired) electrons. The number of nitrogens with zero attached hydrogens (tertiary/aromatic N) is 4. The zero-order chi connectivity index (χ0) is 13.8. The molecule has 0 saturated carbocycles. The van der Waals surface area contributed by atoms with Crippen LogP contribution in [-0.4, -0.2) is 56.5 Å². The van der Waals surface area contributed by atoms with E-state index in [1.807, 2.05) is 18.7 Å². The van der Waals surface area contributed by atoms with Gasteiger partial charge >= 0.3 is 0 Å². The van der Waals surface area contributed by atoms with Gasteiger partial charge in [0, 0.05) is 25.0 Å². The van der Waals surface area contributed by atoms with Crippen LogP contribution in [0.5, 0.6) is 0 Å². The molecular formula is C11H18N6O2. The number of likely N-dealkylation sites (tertiary alicyclic amines) is 1. The SMILES string of the molecule is CC(C)C(=O)N1CCC(NC(=O)c2nn[nH]n2)CC1. The third kappa shape index (κ3) is 3.27. The van der Waals surface area contributed by atoms with Gasteiger partial charge in [0.05, 0.1) is 0 Å². The quantitative estimate of drug-likeness (QED) is 0.773. The maximum atomic E-state index is 11.8. The maximum Gasteiger partial charge on any atom is 0.293 e. The summed E-state index contributed by atoms with van der Waals surface area (Å²) in [6.07, 6.45) is 1.50. The van der Waals surface area contributed by atoms with Crippen LogP contribution in [0.3, 0.4) is 0 Å². The van der Waals surface area contributed by atoms with Gasteiger partial charge in [-0.1, -0.05) is 13.8 Å². The Morgan fingerprint density at radius 1 is 1.37 bits per heavy atom. The smallest absolute Gasteiger partial charge is 0.293 e. The zero-order valence-corrected chi connectivity index (χ0v) is 11.1. The van der Waals surface area contributed by atoms with E-state index in [2.05, 4.69) is 25.9 Å². The molecule has 8 heteroatoms. The molecule has 19 heavy (non-hydrogen) atoms. The molecule has 2 amide bonds. The molecular weight excluding hydrogens is 248 g/mol. The molecule has 2 N–H and O–H groups in total. The highest BCUT2D eigenvalue weighted by Crippen LogP contribution is 2.13. The number of rotatable bonds is 3. The summed E-state index contributed by atoms with van der Waals surface area (Å²) in [5.74, 6) is -0.100. The van der Waals surface area contributed by atoms with Gasteiger partial charge in [0.25, 0.3) is 11.7 Å². The number of hydrogen-bond acceptors (Lipinski definition) is 5. The summed E-state index contributed by atoms with van der Waals surface area (Å²) in [4.78, 5) is 25.4. The molecule has 2 rings (SSSR count). The number of nitrogens with one attached hydrogen (secondary N) is 2. The fourth-order valence-corrected chi connectivity index (χ4v) is 2.12. The van der Waals surface area contributed by atoms with Gasteiger partial charge < -0.3 is 10.2 Å². The van der Waals surface area contributed by atoms with Gasteiger partial charge in [-0.25, -0.2) is 0 Å². The van der Waals surface area contributed by atoms with Crippen LogP contribution in [0, 0.1) is 5.92 Å². The highest BCUT2D eigenvalue weighted by molar-refractivity contribution is 5.90. The first kappa shape index (κ1) is 13.4. The Kier molecular flexibility index (Phi) is 4.08. The van der Waals surface area contributed by atoms with Crippen molar-refractivity contribution in [3.05, 3.63) is 5.82 Å². The summed E-state index contributed by atoms with van der Waals surface area (Å²) < 4.78 is 0. The van der Waals surface area contributed by atoms with Crippen molar-refractivity contribution in [2.24, 2.45) is 5.92 Å². The van der Waals surface area contributed by atoms with E-state index in [0.717, 1.165) is 12.8 Å².